The Hall–Kier alpha value is -1.97. The van der Waals surface area contributed by atoms with Gasteiger partial charge in [-0.15, -0.1) is 0 Å². The van der Waals surface area contributed by atoms with Crippen molar-refractivity contribution >= 4 is 52.7 Å². The maximum Gasteiger partial charge on any atom is 0.342 e. The summed E-state index contributed by atoms with van der Waals surface area (Å²) in [6.45, 7) is 4.82. The lowest BCUT2D eigenvalue weighted by Crippen LogP contribution is -2.49. The van der Waals surface area contributed by atoms with Gasteiger partial charge in [-0.25, -0.2) is 14.8 Å². The highest BCUT2D eigenvalue weighted by Crippen LogP contribution is 2.24. The van der Waals surface area contributed by atoms with E-state index in [0.717, 1.165) is 18.8 Å². The molecule has 1 aromatic carbocycles. The summed E-state index contributed by atoms with van der Waals surface area (Å²) in [5.74, 6) is -0.246. The zero-order valence-electron chi connectivity index (χ0n) is 16.8. The molecule has 0 unspecified atom stereocenters. The number of ether oxygens (including phenoxy) is 1. The van der Waals surface area contributed by atoms with Gasteiger partial charge in [0.2, 0.25) is 5.91 Å². The standard InChI is InChI=1S/C20H23ClN4O3S2/c1-3-28-19(27)16-12-22-20(29-2)23-18(16)30-13-17(26)25-10-8-24(9-11-25)15-6-4-14(21)5-7-15/h4-7,12H,3,8-11,13H2,1-2H3. The number of anilines is 1. The first-order valence-electron chi connectivity index (χ1n) is 9.51. The fraction of sp³-hybridized carbons (Fsp3) is 0.400. The second-order valence-electron chi connectivity index (χ2n) is 6.43. The second-order valence-corrected chi connectivity index (χ2v) is 8.60. The number of aromatic nitrogens is 2. The first-order valence-corrected chi connectivity index (χ1v) is 12.1. The molecule has 0 N–H and O–H groups in total. The SMILES string of the molecule is CCOC(=O)c1cnc(SC)nc1SCC(=O)N1CCN(c2ccc(Cl)cc2)CC1. The largest absolute Gasteiger partial charge is 0.462 e. The summed E-state index contributed by atoms with van der Waals surface area (Å²) in [6.07, 6.45) is 3.33. The second kappa shape index (κ2) is 10.9. The molecular formula is C20H23ClN4O3S2. The number of piperazine rings is 1. The number of carbonyl (C=O) groups is 2. The Labute approximate surface area is 189 Å². The molecule has 30 heavy (non-hydrogen) atoms. The summed E-state index contributed by atoms with van der Waals surface area (Å²) < 4.78 is 5.08. The summed E-state index contributed by atoms with van der Waals surface area (Å²) in [4.78, 5) is 37.5. The first kappa shape index (κ1) is 22.7. The molecule has 1 aliphatic heterocycles. The number of benzene rings is 1. The van der Waals surface area contributed by atoms with Crippen molar-refractivity contribution < 1.29 is 14.3 Å². The minimum absolute atomic E-state index is 0.0230. The van der Waals surface area contributed by atoms with Crippen molar-refractivity contribution in [3.63, 3.8) is 0 Å². The monoisotopic (exact) mass is 466 g/mol. The predicted octanol–water partition coefficient (Wildman–Crippen LogP) is 3.47. The average molecular weight is 467 g/mol. The zero-order valence-corrected chi connectivity index (χ0v) is 19.2. The minimum Gasteiger partial charge on any atom is -0.462 e. The molecule has 10 heteroatoms. The van der Waals surface area contributed by atoms with Crippen LogP contribution in [0.3, 0.4) is 0 Å². The first-order chi connectivity index (χ1) is 14.5. The Morgan fingerprint density at radius 3 is 2.50 bits per heavy atom. The highest BCUT2D eigenvalue weighted by atomic mass is 35.5. The van der Waals surface area contributed by atoms with Crippen molar-refractivity contribution in [2.24, 2.45) is 0 Å². The van der Waals surface area contributed by atoms with Crippen LogP contribution in [0.4, 0.5) is 5.69 Å². The third-order valence-corrected chi connectivity index (χ3v) is 6.36. The van der Waals surface area contributed by atoms with E-state index in [1.54, 1.807) is 6.92 Å². The molecule has 0 saturated carbocycles. The van der Waals surface area contributed by atoms with E-state index in [1.165, 1.54) is 29.7 Å². The third-order valence-electron chi connectivity index (χ3n) is 4.57. The normalized spacial score (nSPS) is 14.0. The number of hydrogen-bond donors (Lipinski definition) is 0. The van der Waals surface area contributed by atoms with E-state index in [1.807, 2.05) is 35.4 Å². The lowest BCUT2D eigenvalue weighted by molar-refractivity contribution is -0.128. The topological polar surface area (TPSA) is 75.6 Å². The van der Waals surface area contributed by atoms with Gasteiger partial charge in [0.15, 0.2) is 5.16 Å². The van der Waals surface area contributed by atoms with Crippen molar-refractivity contribution in [1.29, 1.82) is 0 Å². The average Bonchev–Trinajstić information content (AvgIpc) is 2.78. The fourth-order valence-electron chi connectivity index (χ4n) is 3.00. The smallest absolute Gasteiger partial charge is 0.342 e. The van der Waals surface area contributed by atoms with Crippen LogP contribution in [0.5, 0.6) is 0 Å². The van der Waals surface area contributed by atoms with Crippen LogP contribution in [0.1, 0.15) is 17.3 Å². The van der Waals surface area contributed by atoms with Gasteiger partial charge in [-0.05, 0) is 37.4 Å². The number of halogens is 1. The minimum atomic E-state index is -0.475. The summed E-state index contributed by atoms with van der Waals surface area (Å²) in [7, 11) is 0. The fourth-order valence-corrected chi connectivity index (χ4v) is 4.41. The number of thioether (sulfide) groups is 2. The van der Waals surface area contributed by atoms with Crippen LogP contribution >= 0.6 is 35.1 Å². The van der Waals surface area contributed by atoms with Gasteiger partial charge in [0, 0.05) is 43.1 Å². The zero-order chi connectivity index (χ0) is 21.5. The van der Waals surface area contributed by atoms with E-state index in [0.29, 0.717) is 33.9 Å². The van der Waals surface area contributed by atoms with Gasteiger partial charge in [-0.2, -0.15) is 0 Å². The third kappa shape index (κ3) is 5.80. The van der Waals surface area contributed by atoms with Crippen LogP contribution in [-0.4, -0.2) is 71.5 Å². The molecule has 1 aromatic heterocycles. The summed E-state index contributed by atoms with van der Waals surface area (Å²) in [5, 5.41) is 1.73. The molecule has 160 valence electrons. The molecule has 1 amide bonds. The number of amides is 1. The quantitative estimate of drug-likeness (QED) is 0.266. The summed E-state index contributed by atoms with van der Waals surface area (Å²) in [5.41, 5.74) is 1.39. The molecule has 1 aliphatic rings. The van der Waals surface area contributed by atoms with Gasteiger partial charge < -0.3 is 14.5 Å². The van der Waals surface area contributed by atoms with Gasteiger partial charge in [0.25, 0.3) is 0 Å². The molecule has 0 radical (unpaired) electrons. The van der Waals surface area contributed by atoms with Gasteiger partial charge >= 0.3 is 5.97 Å². The van der Waals surface area contributed by atoms with Gasteiger partial charge in [0.05, 0.1) is 12.4 Å². The molecule has 0 aliphatic carbocycles. The molecule has 7 nitrogen and oxygen atoms in total. The molecule has 0 spiro atoms. The Bertz CT molecular complexity index is 890. The van der Waals surface area contributed by atoms with E-state index in [9.17, 15) is 9.59 Å². The van der Waals surface area contributed by atoms with Gasteiger partial charge in [-0.3, -0.25) is 4.79 Å². The van der Waals surface area contributed by atoms with Gasteiger partial charge in [0.1, 0.15) is 10.6 Å². The van der Waals surface area contributed by atoms with E-state index < -0.39 is 5.97 Å². The molecule has 3 rings (SSSR count). The van der Waals surface area contributed by atoms with Crippen molar-refractivity contribution in [2.75, 3.05) is 49.7 Å². The lowest BCUT2D eigenvalue weighted by Gasteiger charge is -2.36. The van der Waals surface area contributed by atoms with Crippen molar-refractivity contribution in [3.05, 3.63) is 41.0 Å². The molecule has 0 bridgehead atoms. The maximum atomic E-state index is 12.7. The van der Waals surface area contributed by atoms with E-state index >= 15 is 0 Å². The lowest BCUT2D eigenvalue weighted by atomic mass is 10.2. The Morgan fingerprint density at radius 2 is 1.87 bits per heavy atom. The Kier molecular flexibility index (Phi) is 8.24. The predicted molar refractivity (Wildman–Crippen MR) is 121 cm³/mol. The van der Waals surface area contributed by atoms with Crippen LogP contribution < -0.4 is 4.90 Å². The van der Waals surface area contributed by atoms with Crippen molar-refractivity contribution in [2.45, 2.75) is 17.1 Å². The number of nitrogens with zero attached hydrogens (tertiary/aromatic N) is 4. The molecular weight excluding hydrogens is 444 g/mol. The van der Waals surface area contributed by atoms with Crippen molar-refractivity contribution in [1.82, 2.24) is 14.9 Å². The Balaban J connectivity index is 1.58. The Morgan fingerprint density at radius 1 is 1.17 bits per heavy atom. The van der Waals surface area contributed by atoms with E-state index in [2.05, 4.69) is 14.9 Å². The summed E-state index contributed by atoms with van der Waals surface area (Å²) in [6, 6.07) is 7.73. The molecule has 0 atom stereocenters. The van der Waals surface area contributed by atoms with Gasteiger partial charge in [-0.1, -0.05) is 35.1 Å². The highest BCUT2D eigenvalue weighted by Gasteiger charge is 2.23. The molecule has 2 aromatic rings. The van der Waals surface area contributed by atoms with E-state index in [4.69, 9.17) is 16.3 Å². The van der Waals surface area contributed by atoms with Crippen LogP contribution in [0, 0.1) is 0 Å². The van der Waals surface area contributed by atoms with Crippen molar-refractivity contribution in [3.8, 4) is 0 Å². The number of rotatable bonds is 7. The molecule has 1 saturated heterocycles. The molecule has 1 fully saturated rings. The maximum absolute atomic E-state index is 12.7. The van der Waals surface area contributed by atoms with Crippen LogP contribution in [-0.2, 0) is 9.53 Å². The number of hydrogen-bond acceptors (Lipinski definition) is 8. The highest BCUT2D eigenvalue weighted by molar-refractivity contribution is 8.00. The van der Waals surface area contributed by atoms with E-state index in [-0.39, 0.29) is 18.3 Å². The number of carbonyl (C=O) groups excluding carboxylic acids is 2. The number of esters is 1. The van der Waals surface area contributed by atoms with Crippen LogP contribution in [0.2, 0.25) is 5.02 Å². The molecule has 2 heterocycles. The van der Waals surface area contributed by atoms with Crippen LogP contribution in [0.15, 0.2) is 40.6 Å². The summed E-state index contributed by atoms with van der Waals surface area (Å²) >= 11 is 8.58. The van der Waals surface area contributed by atoms with Crippen LogP contribution in [0.25, 0.3) is 0 Å².